The molecule has 3 aromatic rings. The molecule has 1 aromatic carbocycles. The normalized spacial score (nSPS) is 11.4. The summed E-state index contributed by atoms with van der Waals surface area (Å²) in [4.78, 5) is 0. The highest BCUT2D eigenvalue weighted by Gasteiger charge is 2.15. The lowest BCUT2D eigenvalue weighted by molar-refractivity contribution is 0.146. The Kier molecular flexibility index (Phi) is 3.94. The largest absolute Gasteiger partial charge is 0.270 e. The van der Waals surface area contributed by atoms with E-state index in [0.29, 0.717) is 17.7 Å². The van der Waals surface area contributed by atoms with Gasteiger partial charge in [0.05, 0.1) is 29.7 Å². The molecule has 0 atom stereocenters. The molecule has 120 valence electrons. The van der Waals surface area contributed by atoms with E-state index in [1.807, 2.05) is 20.0 Å². The van der Waals surface area contributed by atoms with Crippen LogP contribution in [0.1, 0.15) is 23.4 Å². The van der Waals surface area contributed by atoms with Crippen LogP contribution >= 0.6 is 0 Å². The zero-order valence-corrected chi connectivity index (χ0v) is 12.7. The number of hydrogen-bond donors (Lipinski definition) is 0. The summed E-state index contributed by atoms with van der Waals surface area (Å²) in [6, 6.07) is 5.64. The van der Waals surface area contributed by atoms with Crippen LogP contribution in [0.3, 0.4) is 0 Å². The molecule has 0 radical (unpaired) electrons. The van der Waals surface area contributed by atoms with Gasteiger partial charge in [-0.15, -0.1) is 0 Å². The van der Waals surface area contributed by atoms with Crippen molar-refractivity contribution in [2.75, 3.05) is 0 Å². The van der Waals surface area contributed by atoms with E-state index in [9.17, 15) is 13.2 Å². The van der Waals surface area contributed by atoms with Gasteiger partial charge < -0.3 is 0 Å². The third-order valence-electron chi connectivity index (χ3n) is 3.62. The monoisotopic (exact) mass is 320 g/mol. The molecule has 2 aromatic heterocycles. The maximum atomic E-state index is 13.4. The van der Waals surface area contributed by atoms with E-state index in [0.717, 1.165) is 23.5 Å². The van der Waals surface area contributed by atoms with E-state index in [1.54, 1.807) is 21.8 Å². The summed E-state index contributed by atoms with van der Waals surface area (Å²) in [5.74, 6) is -0.901. The quantitative estimate of drug-likeness (QED) is 0.734. The van der Waals surface area contributed by atoms with Crippen molar-refractivity contribution >= 4 is 0 Å². The van der Waals surface area contributed by atoms with Gasteiger partial charge in [-0.2, -0.15) is 10.2 Å². The van der Waals surface area contributed by atoms with Gasteiger partial charge in [0.25, 0.3) is 6.43 Å². The number of hydrogen-bond acceptors (Lipinski definition) is 2. The fourth-order valence-electron chi connectivity index (χ4n) is 2.47. The van der Waals surface area contributed by atoms with Crippen LogP contribution in [-0.2, 0) is 13.6 Å². The van der Waals surface area contributed by atoms with Gasteiger partial charge in [0.15, 0.2) is 0 Å². The molecule has 0 aliphatic heterocycles. The molecular formula is C16H15F3N4. The minimum Gasteiger partial charge on any atom is -0.270 e. The molecule has 23 heavy (non-hydrogen) atoms. The fourth-order valence-corrected chi connectivity index (χ4v) is 2.47. The Morgan fingerprint density at radius 1 is 1.17 bits per heavy atom. The van der Waals surface area contributed by atoms with Gasteiger partial charge in [0.1, 0.15) is 5.82 Å². The van der Waals surface area contributed by atoms with Crippen LogP contribution < -0.4 is 0 Å². The molecule has 0 aliphatic carbocycles. The molecule has 0 saturated carbocycles. The lowest BCUT2D eigenvalue weighted by Gasteiger charge is -2.04. The fraction of sp³-hybridized carbons (Fsp3) is 0.250. The predicted octanol–water partition coefficient (Wildman–Crippen LogP) is 3.72. The average Bonchev–Trinajstić information content (AvgIpc) is 3.06. The van der Waals surface area contributed by atoms with Gasteiger partial charge >= 0.3 is 0 Å². The Hall–Kier alpha value is -2.57. The molecular weight excluding hydrogens is 305 g/mol. The second kappa shape index (κ2) is 5.91. The van der Waals surface area contributed by atoms with Crippen LogP contribution in [0.15, 0.2) is 36.7 Å². The van der Waals surface area contributed by atoms with Crippen molar-refractivity contribution in [3.8, 4) is 11.1 Å². The molecule has 0 bridgehead atoms. The van der Waals surface area contributed by atoms with E-state index in [2.05, 4.69) is 10.2 Å². The second-order valence-electron chi connectivity index (χ2n) is 5.36. The number of rotatable bonds is 4. The maximum Gasteiger partial charge on any atom is 0.266 e. The molecule has 4 nitrogen and oxygen atoms in total. The number of benzene rings is 1. The topological polar surface area (TPSA) is 35.6 Å². The molecule has 0 amide bonds. The zero-order valence-electron chi connectivity index (χ0n) is 12.7. The Bertz CT molecular complexity index is 836. The van der Waals surface area contributed by atoms with Crippen molar-refractivity contribution in [3.63, 3.8) is 0 Å². The summed E-state index contributed by atoms with van der Waals surface area (Å²) in [7, 11) is 1.85. The summed E-state index contributed by atoms with van der Waals surface area (Å²) < 4.78 is 42.4. The SMILES string of the molecule is Cc1cc(Cn2cc(-c3ccc(F)c(C(F)F)c3)cn2)n(C)n1. The Balaban J connectivity index is 1.87. The van der Waals surface area contributed by atoms with Crippen LogP contribution in [0.2, 0.25) is 0 Å². The van der Waals surface area contributed by atoms with Crippen molar-refractivity contribution in [2.45, 2.75) is 19.9 Å². The highest BCUT2D eigenvalue weighted by Crippen LogP contribution is 2.28. The van der Waals surface area contributed by atoms with Crippen LogP contribution in [0.4, 0.5) is 13.2 Å². The highest BCUT2D eigenvalue weighted by molar-refractivity contribution is 5.62. The number of aromatic nitrogens is 4. The summed E-state index contributed by atoms with van der Waals surface area (Å²) in [5.41, 5.74) is 2.46. The van der Waals surface area contributed by atoms with Crippen molar-refractivity contribution in [2.24, 2.45) is 7.05 Å². The first-order valence-electron chi connectivity index (χ1n) is 7.04. The summed E-state index contributed by atoms with van der Waals surface area (Å²) in [6.07, 6.45) is 0.471. The van der Waals surface area contributed by atoms with Gasteiger partial charge in [-0.05, 0) is 30.7 Å². The average molecular weight is 320 g/mol. The molecule has 2 heterocycles. The van der Waals surface area contributed by atoms with Crippen LogP contribution in [0, 0.1) is 12.7 Å². The highest BCUT2D eigenvalue weighted by atomic mass is 19.3. The number of aryl methyl sites for hydroxylation is 2. The summed E-state index contributed by atoms with van der Waals surface area (Å²) in [6.45, 7) is 2.42. The Morgan fingerprint density at radius 3 is 2.61 bits per heavy atom. The van der Waals surface area contributed by atoms with Crippen LogP contribution in [0.5, 0.6) is 0 Å². The van der Waals surface area contributed by atoms with Gasteiger partial charge in [0.2, 0.25) is 0 Å². The number of alkyl halides is 2. The van der Waals surface area contributed by atoms with E-state index in [1.165, 1.54) is 6.07 Å². The molecule has 0 fully saturated rings. The van der Waals surface area contributed by atoms with Gasteiger partial charge in [-0.1, -0.05) is 6.07 Å². The first kappa shape index (κ1) is 15.3. The third kappa shape index (κ3) is 3.13. The van der Waals surface area contributed by atoms with Crippen LogP contribution in [0.25, 0.3) is 11.1 Å². The first-order chi connectivity index (χ1) is 10.9. The third-order valence-corrected chi connectivity index (χ3v) is 3.62. The predicted molar refractivity (Wildman–Crippen MR) is 79.6 cm³/mol. The molecule has 7 heteroatoms. The zero-order chi connectivity index (χ0) is 16.6. The molecule has 0 N–H and O–H groups in total. The molecule has 3 rings (SSSR count). The van der Waals surface area contributed by atoms with Crippen molar-refractivity contribution in [3.05, 3.63) is 59.4 Å². The Morgan fingerprint density at radius 2 is 1.96 bits per heavy atom. The summed E-state index contributed by atoms with van der Waals surface area (Å²) in [5, 5.41) is 8.49. The minimum atomic E-state index is -2.84. The van der Waals surface area contributed by atoms with Crippen molar-refractivity contribution in [1.82, 2.24) is 19.6 Å². The molecule has 0 aliphatic rings. The molecule has 0 spiro atoms. The van der Waals surface area contributed by atoms with E-state index < -0.39 is 17.8 Å². The van der Waals surface area contributed by atoms with Crippen molar-refractivity contribution in [1.29, 1.82) is 0 Å². The van der Waals surface area contributed by atoms with Crippen molar-refractivity contribution < 1.29 is 13.2 Å². The Labute approximate surface area is 131 Å². The van der Waals surface area contributed by atoms with E-state index in [4.69, 9.17) is 0 Å². The smallest absolute Gasteiger partial charge is 0.266 e. The standard InChI is InChI=1S/C16H15F3N4/c1-10-5-13(22(2)21-10)9-23-8-12(7-20-23)11-3-4-15(17)14(6-11)16(18)19/h3-8,16H,9H2,1-2H3. The van der Waals surface area contributed by atoms with E-state index >= 15 is 0 Å². The minimum absolute atomic E-state index is 0.508. The van der Waals surface area contributed by atoms with Crippen LogP contribution in [-0.4, -0.2) is 19.6 Å². The lowest BCUT2D eigenvalue weighted by atomic mass is 10.1. The maximum absolute atomic E-state index is 13.4. The summed E-state index contributed by atoms with van der Waals surface area (Å²) >= 11 is 0. The van der Waals surface area contributed by atoms with E-state index in [-0.39, 0.29) is 0 Å². The lowest BCUT2D eigenvalue weighted by Crippen LogP contribution is -2.05. The number of halogens is 3. The van der Waals surface area contributed by atoms with Gasteiger partial charge in [-0.3, -0.25) is 9.36 Å². The first-order valence-corrected chi connectivity index (χ1v) is 7.04. The second-order valence-corrected chi connectivity index (χ2v) is 5.36. The van der Waals surface area contributed by atoms with Gasteiger partial charge in [0, 0.05) is 18.8 Å². The molecule has 0 saturated heterocycles. The van der Waals surface area contributed by atoms with Gasteiger partial charge in [-0.25, -0.2) is 13.2 Å². The molecule has 0 unspecified atom stereocenters. The number of nitrogens with zero attached hydrogens (tertiary/aromatic N) is 4.